The third kappa shape index (κ3) is 6.17. The molecule has 1 atom stereocenters. The van der Waals surface area contributed by atoms with Crippen molar-refractivity contribution in [1.29, 1.82) is 0 Å². The van der Waals surface area contributed by atoms with Crippen LogP contribution in [-0.2, 0) is 4.74 Å². The summed E-state index contributed by atoms with van der Waals surface area (Å²) in [5.41, 5.74) is -0.148. The van der Waals surface area contributed by atoms with E-state index in [4.69, 9.17) is 9.84 Å². The van der Waals surface area contributed by atoms with E-state index in [-0.39, 0.29) is 12.2 Å². The number of ether oxygens (including phenoxy) is 1. The fourth-order valence-electron chi connectivity index (χ4n) is 1.39. The molecule has 2 heteroatoms. The molecule has 84 valence electrons. The van der Waals surface area contributed by atoms with Crippen molar-refractivity contribution in [3.05, 3.63) is 12.2 Å². The zero-order valence-electron chi connectivity index (χ0n) is 9.75. The number of methoxy groups -OCH3 is 1. The molecule has 0 aromatic rings. The van der Waals surface area contributed by atoms with Gasteiger partial charge in [0.05, 0.1) is 5.60 Å². The van der Waals surface area contributed by atoms with Crippen LogP contribution in [0.4, 0.5) is 0 Å². The molecule has 14 heavy (non-hydrogen) atoms. The number of rotatable bonds is 8. The molecule has 0 spiro atoms. The summed E-state index contributed by atoms with van der Waals surface area (Å²) < 4.78 is 5.46. The molecule has 0 radical (unpaired) electrons. The van der Waals surface area contributed by atoms with Gasteiger partial charge in [-0.2, -0.15) is 0 Å². The Labute approximate surface area is 88.0 Å². The second-order valence-electron chi connectivity index (χ2n) is 3.89. The summed E-state index contributed by atoms with van der Waals surface area (Å²) in [4.78, 5) is 0. The Morgan fingerprint density at radius 1 is 1.36 bits per heavy atom. The highest BCUT2D eigenvalue weighted by Gasteiger charge is 2.18. The second-order valence-corrected chi connectivity index (χ2v) is 3.89. The van der Waals surface area contributed by atoms with E-state index in [2.05, 4.69) is 19.9 Å². The van der Waals surface area contributed by atoms with Crippen LogP contribution in [0.5, 0.6) is 0 Å². The highest BCUT2D eigenvalue weighted by molar-refractivity contribution is 4.99. The Morgan fingerprint density at radius 2 is 2.07 bits per heavy atom. The Kier molecular flexibility index (Phi) is 7.81. The predicted molar refractivity (Wildman–Crippen MR) is 60.4 cm³/mol. The molecule has 0 aliphatic rings. The molecule has 0 aromatic carbocycles. The predicted octanol–water partition coefficient (Wildman–Crippen LogP) is 2.91. The standard InChI is InChI=1S/C12H24O2/c1-4-5-6-9-12(2,14-3)10-7-8-11-13/h7,10,13H,4-6,8-9,11H2,1-3H3. The van der Waals surface area contributed by atoms with Crippen LogP contribution >= 0.6 is 0 Å². The molecule has 2 nitrogen and oxygen atoms in total. The van der Waals surface area contributed by atoms with E-state index in [0.717, 1.165) is 6.42 Å². The first-order chi connectivity index (χ1) is 6.68. The first-order valence-corrected chi connectivity index (χ1v) is 5.52. The lowest BCUT2D eigenvalue weighted by Gasteiger charge is -2.24. The molecule has 0 amide bonds. The highest BCUT2D eigenvalue weighted by atomic mass is 16.5. The zero-order chi connectivity index (χ0) is 10.9. The SMILES string of the molecule is CCCCCC(C)(C=CCCO)OC. The van der Waals surface area contributed by atoms with Crippen LogP contribution in [0, 0.1) is 0 Å². The molecule has 0 aromatic heterocycles. The largest absolute Gasteiger partial charge is 0.396 e. The molecule has 0 bridgehead atoms. The summed E-state index contributed by atoms with van der Waals surface area (Å²) in [6.07, 6.45) is 9.53. The first-order valence-electron chi connectivity index (χ1n) is 5.52. The molecule has 0 aliphatic heterocycles. The molecule has 0 aliphatic carbocycles. The summed E-state index contributed by atoms with van der Waals surface area (Å²) >= 11 is 0. The van der Waals surface area contributed by atoms with Crippen LogP contribution in [0.1, 0.15) is 46.0 Å². The average molecular weight is 200 g/mol. The summed E-state index contributed by atoms with van der Waals surface area (Å²) in [5, 5.41) is 8.66. The zero-order valence-corrected chi connectivity index (χ0v) is 9.75. The first kappa shape index (κ1) is 13.7. The van der Waals surface area contributed by atoms with Gasteiger partial charge in [-0.3, -0.25) is 0 Å². The molecule has 1 unspecified atom stereocenters. The van der Waals surface area contributed by atoms with Crippen LogP contribution in [0.15, 0.2) is 12.2 Å². The fourth-order valence-corrected chi connectivity index (χ4v) is 1.39. The summed E-state index contributed by atoms with van der Waals surface area (Å²) in [5.74, 6) is 0. The van der Waals surface area contributed by atoms with Crippen LogP contribution in [0.25, 0.3) is 0 Å². The minimum absolute atomic E-state index is 0.148. The van der Waals surface area contributed by atoms with Crippen LogP contribution < -0.4 is 0 Å². The molecule has 0 saturated heterocycles. The van der Waals surface area contributed by atoms with E-state index in [1.165, 1.54) is 19.3 Å². The van der Waals surface area contributed by atoms with Gasteiger partial charge in [0.2, 0.25) is 0 Å². The van der Waals surface area contributed by atoms with E-state index in [9.17, 15) is 0 Å². The van der Waals surface area contributed by atoms with Crippen molar-refractivity contribution in [2.45, 2.75) is 51.6 Å². The van der Waals surface area contributed by atoms with Gasteiger partial charge in [-0.25, -0.2) is 0 Å². The van der Waals surface area contributed by atoms with Gasteiger partial charge in [0, 0.05) is 13.7 Å². The van der Waals surface area contributed by atoms with Crippen molar-refractivity contribution in [3.8, 4) is 0 Å². The molecular formula is C12H24O2. The van der Waals surface area contributed by atoms with E-state index in [1.54, 1.807) is 7.11 Å². The van der Waals surface area contributed by atoms with Gasteiger partial charge in [0.1, 0.15) is 0 Å². The smallest absolute Gasteiger partial charge is 0.0830 e. The average Bonchev–Trinajstić information content (AvgIpc) is 2.19. The fraction of sp³-hybridized carbons (Fsp3) is 0.833. The van der Waals surface area contributed by atoms with Gasteiger partial charge >= 0.3 is 0 Å². The molecule has 0 fully saturated rings. The van der Waals surface area contributed by atoms with Crippen molar-refractivity contribution in [3.63, 3.8) is 0 Å². The van der Waals surface area contributed by atoms with Gasteiger partial charge in [-0.15, -0.1) is 0 Å². The minimum Gasteiger partial charge on any atom is -0.396 e. The lowest BCUT2D eigenvalue weighted by Crippen LogP contribution is -2.24. The van der Waals surface area contributed by atoms with Crippen LogP contribution in [0.3, 0.4) is 0 Å². The number of aliphatic hydroxyl groups is 1. The third-order valence-corrected chi connectivity index (χ3v) is 2.51. The monoisotopic (exact) mass is 200 g/mol. The van der Waals surface area contributed by atoms with Gasteiger partial charge in [0.15, 0.2) is 0 Å². The third-order valence-electron chi connectivity index (χ3n) is 2.51. The summed E-state index contributed by atoms with van der Waals surface area (Å²) in [6.45, 7) is 4.51. The maximum Gasteiger partial charge on any atom is 0.0830 e. The Morgan fingerprint density at radius 3 is 2.57 bits per heavy atom. The maximum absolute atomic E-state index is 8.66. The van der Waals surface area contributed by atoms with Crippen molar-refractivity contribution in [1.82, 2.24) is 0 Å². The van der Waals surface area contributed by atoms with Gasteiger partial charge in [-0.05, 0) is 19.8 Å². The number of hydrogen-bond acceptors (Lipinski definition) is 2. The summed E-state index contributed by atoms with van der Waals surface area (Å²) in [7, 11) is 1.75. The molecule has 0 heterocycles. The van der Waals surface area contributed by atoms with Crippen LogP contribution in [0.2, 0.25) is 0 Å². The molecule has 0 rings (SSSR count). The van der Waals surface area contributed by atoms with Gasteiger partial charge in [-0.1, -0.05) is 38.3 Å². The number of unbranched alkanes of at least 4 members (excludes halogenated alkanes) is 2. The van der Waals surface area contributed by atoms with Crippen molar-refractivity contribution >= 4 is 0 Å². The molecule has 1 N–H and O–H groups in total. The van der Waals surface area contributed by atoms with Crippen molar-refractivity contribution in [2.75, 3.05) is 13.7 Å². The summed E-state index contributed by atoms with van der Waals surface area (Å²) in [6, 6.07) is 0. The van der Waals surface area contributed by atoms with E-state index in [1.807, 2.05) is 6.08 Å². The maximum atomic E-state index is 8.66. The molecule has 0 saturated carbocycles. The Bertz CT molecular complexity index is 154. The number of hydrogen-bond donors (Lipinski definition) is 1. The van der Waals surface area contributed by atoms with Crippen molar-refractivity contribution in [2.24, 2.45) is 0 Å². The topological polar surface area (TPSA) is 29.5 Å². The normalized spacial score (nSPS) is 16.0. The number of aliphatic hydroxyl groups excluding tert-OH is 1. The van der Waals surface area contributed by atoms with E-state index < -0.39 is 0 Å². The van der Waals surface area contributed by atoms with E-state index >= 15 is 0 Å². The highest BCUT2D eigenvalue weighted by Crippen LogP contribution is 2.20. The van der Waals surface area contributed by atoms with Crippen LogP contribution in [-0.4, -0.2) is 24.4 Å². The Balaban J connectivity index is 3.90. The second kappa shape index (κ2) is 8.01. The Hall–Kier alpha value is -0.340. The lowest BCUT2D eigenvalue weighted by molar-refractivity contribution is 0.0389. The van der Waals surface area contributed by atoms with E-state index in [0.29, 0.717) is 6.42 Å². The van der Waals surface area contributed by atoms with Gasteiger partial charge < -0.3 is 9.84 Å². The quantitative estimate of drug-likeness (QED) is 0.482. The lowest BCUT2D eigenvalue weighted by atomic mass is 9.97. The van der Waals surface area contributed by atoms with Gasteiger partial charge in [0.25, 0.3) is 0 Å². The molecular weight excluding hydrogens is 176 g/mol. The minimum atomic E-state index is -0.148. The van der Waals surface area contributed by atoms with Crippen molar-refractivity contribution < 1.29 is 9.84 Å².